The molecule has 2 aromatic rings. The van der Waals surface area contributed by atoms with Crippen molar-refractivity contribution in [1.82, 2.24) is 30.0 Å². The number of carbonyl (C=O) groups excluding carboxylic acids is 1. The Morgan fingerprint density at radius 3 is 2.62 bits per heavy atom. The van der Waals surface area contributed by atoms with Crippen molar-refractivity contribution in [2.45, 2.75) is 65.1 Å². The lowest BCUT2D eigenvalue weighted by Crippen LogP contribution is -2.34. The first kappa shape index (κ1) is 20.3. The zero-order chi connectivity index (χ0) is 19.3. The molecule has 1 atom stereocenters. The number of aryl methyl sites for hydroxylation is 2. The van der Waals surface area contributed by atoms with E-state index in [4.69, 9.17) is 5.84 Å². The van der Waals surface area contributed by atoms with Crippen molar-refractivity contribution in [2.24, 2.45) is 5.92 Å². The molecule has 144 valence electrons. The molecular weight excluding hydrogens is 350 g/mol. The molecule has 0 saturated carbocycles. The molecule has 0 spiro atoms. The van der Waals surface area contributed by atoms with E-state index in [2.05, 4.69) is 34.5 Å². The molecule has 26 heavy (non-hydrogen) atoms. The summed E-state index contributed by atoms with van der Waals surface area (Å²) < 4.78 is 3.01. The summed E-state index contributed by atoms with van der Waals surface area (Å²) >= 11 is 1.27. The van der Waals surface area contributed by atoms with Gasteiger partial charge in [0.25, 0.3) is 5.95 Å². The first-order valence-electron chi connectivity index (χ1n) is 8.94. The normalized spacial score (nSPS) is 12.5. The molecule has 0 aromatic carbocycles. The Kier molecular flexibility index (Phi) is 7.07. The van der Waals surface area contributed by atoms with Crippen LogP contribution in [0.2, 0.25) is 0 Å². The van der Waals surface area contributed by atoms with Crippen LogP contribution in [0, 0.1) is 19.8 Å². The summed E-state index contributed by atoms with van der Waals surface area (Å²) in [5, 5.41) is 16.0. The van der Waals surface area contributed by atoms with Crippen molar-refractivity contribution in [1.29, 1.82) is 0 Å². The number of carbonyl (C=O) groups is 1. The van der Waals surface area contributed by atoms with Gasteiger partial charge in [-0.2, -0.15) is 5.10 Å². The number of nitrogen functional groups attached to an aromatic ring is 1. The first-order chi connectivity index (χ1) is 12.3. The van der Waals surface area contributed by atoms with Crippen LogP contribution in [0.15, 0.2) is 11.2 Å². The van der Waals surface area contributed by atoms with Crippen molar-refractivity contribution in [3.05, 3.63) is 17.5 Å². The molecule has 3 N–H and O–H groups in total. The van der Waals surface area contributed by atoms with Gasteiger partial charge in [-0.1, -0.05) is 38.5 Å². The van der Waals surface area contributed by atoms with Gasteiger partial charge >= 0.3 is 0 Å². The Morgan fingerprint density at radius 1 is 1.27 bits per heavy atom. The monoisotopic (exact) mass is 379 g/mol. The van der Waals surface area contributed by atoms with E-state index in [0.29, 0.717) is 17.0 Å². The Bertz CT molecular complexity index is 738. The van der Waals surface area contributed by atoms with Crippen LogP contribution in [0.3, 0.4) is 0 Å². The molecule has 0 bridgehead atoms. The zero-order valence-electron chi connectivity index (χ0n) is 16.2. The minimum absolute atomic E-state index is 0.0253. The van der Waals surface area contributed by atoms with Crippen LogP contribution >= 0.6 is 11.8 Å². The van der Waals surface area contributed by atoms with Crippen molar-refractivity contribution in [3.63, 3.8) is 0 Å². The van der Waals surface area contributed by atoms with Crippen molar-refractivity contribution >= 4 is 17.7 Å². The second-order valence-corrected chi connectivity index (χ2v) is 8.02. The predicted molar refractivity (Wildman–Crippen MR) is 104 cm³/mol. The second kappa shape index (κ2) is 9.07. The third-order valence-corrected chi connectivity index (χ3v) is 4.95. The number of nitrogens with zero attached hydrogens (tertiary/aromatic N) is 5. The summed E-state index contributed by atoms with van der Waals surface area (Å²) in [6.07, 6.45) is 3.29. The topological polar surface area (TPSA) is 104 Å². The SMILES string of the molecule is Cc1cc(C)n(-c2nnc(SCC(=O)N[C@@H](C)CCCC(C)C)n2N)n1. The highest BCUT2D eigenvalue weighted by Gasteiger charge is 2.16. The number of thioether (sulfide) groups is 1. The van der Waals surface area contributed by atoms with Crippen LogP contribution in [0.4, 0.5) is 0 Å². The zero-order valence-corrected chi connectivity index (χ0v) is 17.0. The highest BCUT2D eigenvalue weighted by atomic mass is 32.2. The van der Waals surface area contributed by atoms with Crippen LogP contribution in [0.25, 0.3) is 5.95 Å². The Labute approximate surface area is 158 Å². The largest absolute Gasteiger partial charge is 0.353 e. The average molecular weight is 380 g/mol. The molecule has 0 saturated heterocycles. The fraction of sp³-hybridized carbons (Fsp3) is 0.647. The van der Waals surface area contributed by atoms with Gasteiger partial charge in [0, 0.05) is 11.7 Å². The van der Waals surface area contributed by atoms with Gasteiger partial charge in [-0.05, 0) is 39.2 Å². The van der Waals surface area contributed by atoms with Gasteiger partial charge in [0.1, 0.15) is 0 Å². The lowest BCUT2D eigenvalue weighted by atomic mass is 10.0. The van der Waals surface area contributed by atoms with Crippen LogP contribution in [0.5, 0.6) is 0 Å². The molecule has 1 amide bonds. The summed E-state index contributed by atoms with van der Waals surface area (Å²) in [5.41, 5.74) is 1.80. The summed E-state index contributed by atoms with van der Waals surface area (Å²) in [4.78, 5) is 12.1. The maximum absolute atomic E-state index is 12.1. The lowest BCUT2D eigenvalue weighted by Gasteiger charge is -2.14. The molecular formula is C17H29N7OS. The highest BCUT2D eigenvalue weighted by Crippen LogP contribution is 2.17. The predicted octanol–water partition coefficient (Wildman–Crippen LogP) is 2.22. The Morgan fingerprint density at radius 2 is 2.00 bits per heavy atom. The van der Waals surface area contributed by atoms with Crippen molar-refractivity contribution in [2.75, 3.05) is 11.6 Å². The second-order valence-electron chi connectivity index (χ2n) is 7.07. The summed E-state index contributed by atoms with van der Waals surface area (Å²) in [6.45, 7) is 10.3. The van der Waals surface area contributed by atoms with E-state index in [-0.39, 0.29) is 17.7 Å². The van der Waals surface area contributed by atoms with Crippen LogP contribution in [-0.4, -0.2) is 42.4 Å². The van der Waals surface area contributed by atoms with Crippen LogP contribution < -0.4 is 11.2 Å². The standard InChI is InChI=1S/C17H29N7OS/c1-11(2)7-6-8-12(3)19-15(25)10-26-17-21-20-16(23(17)18)24-14(5)9-13(4)22-24/h9,11-12H,6-8,10,18H2,1-5H3,(H,19,25)/t12-/m0/s1. The fourth-order valence-electron chi connectivity index (χ4n) is 2.69. The van der Waals surface area contributed by atoms with E-state index in [1.807, 2.05) is 26.8 Å². The van der Waals surface area contributed by atoms with E-state index < -0.39 is 0 Å². The minimum Gasteiger partial charge on any atom is -0.353 e. The van der Waals surface area contributed by atoms with Gasteiger partial charge in [-0.3, -0.25) is 4.79 Å². The number of hydrogen-bond acceptors (Lipinski definition) is 6. The lowest BCUT2D eigenvalue weighted by molar-refractivity contribution is -0.119. The quantitative estimate of drug-likeness (QED) is 0.511. The fourth-order valence-corrected chi connectivity index (χ4v) is 3.36. The van der Waals surface area contributed by atoms with E-state index in [1.54, 1.807) is 4.68 Å². The molecule has 0 unspecified atom stereocenters. The number of nitrogens with two attached hydrogens (primary N) is 1. The summed E-state index contributed by atoms with van der Waals surface area (Å²) in [5.74, 6) is 7.43. The Balaban J connectivity index is 1.86. The first-order valence-corrected chi connectivity index (χ1v) is 9.92. The minimum atomic E-state index is -0.0253. The number of amides is 1. The molecule has 0 aliphatic heterocycles. The molecule has 2 heterocycles. The van der Waals surface area contributed by atoms with Gasteiger partial charge in [-0.15, -0.1) is 10.2 Å². The summed E-state index contributed by atoms with van der Waals surface area (Å²) in [6, 6.07) is 2.11. The third-order valence-electron chi connectivity index (χ3n) is 4.00. The third kappa shape index (κ3) is 5.48. The smallest absolute Gasteiger partial charge is 0.271 e. The molecule has 0 radical (unpaired) electrons. The van der Waals surface area contributed by atoms with Crippen LogP contribution in [0.1, 0.15) is 51.4 Å². The molecule has 0 aliphatic carbocycles. The highest BCUT2D eigenvalue weighted by molar-refractivity contribution is 7.99. The van der Waals surface area contributed by atoms with Gasteiger partial charge in [0.05, 0.1) is 11.4 Å². The van der Waals surface area contributed by atoms with Gasteiger partial charge in [-0.25, -0.2) is 9.36 Å². The maximum atomic E-state index is 12.1. The summed E-state index contributed by atoms with van der Waals surface area (Å²) in [7, 11) is 0. The number of aromatic nitrogens is 5. The molecule has 2 aromatic heterocycles. The molecule has 8 nitrogen and oxygen atoms in total. The molecule has 2 rings (SSSR count). The van der Waals surface area contributed by atoms with E-state index >= 15 is 0 Å². The molecule has 0 fully saturated rings. The van der Waals surface area contributed by atoms with Crippen LogP contribution in [-0.2, 0) is 4.79 Å². The average Bonchev–Trinajstić information content (AvgIpc) is 3.06. The van der Waals surface area contributed by atoms with Gasteiger partial charge < -0.3 is 11.2 Å². The van der Waals surface area contributed by atoms with Gasteiger partial charge in [0.2, 0.25) is 11.1 Å². The van der Waals surface area contributed by atoms with E-state index in [9.17, 15) is 4.79 Å². The molecule has 0 aliphatic rings. The number of hydrogen-bond donors (Lipinski definition) is 2. The maximum Gasteiger partial charge on any atom is 0.271 e. The molecule has 9 heteroatoms. The van der Waals surface area contributed by atoms with Crippen molar-refractivity contribution in [3.8, 4) is 5.95 Å². The van der Waals surface area contributed by atoms with E-state index in [0.717, 1.165) is 24.2 Å². The Hall–Kier alpha value is -2.03. The number of nitrogens with one attached hydrogen (secondary N) is 1. The van der Waals surface area contributed by atoms with E-state index in [1.165, 1.54) is 22.9 Å². The van der Waals surface area contributed by atoms with Gasteiger partial charge in [0.15, 0.2) is 0 Å². The number of rotatable bonds is 9. The van der Waals surface area contributed by atoms with Crippen molar-refractivity contribution < 1.29 is 4.79 Å².